The molecule has 0 aromatic heterocycles. The van der Waals surface area contributed by atoms with Gasteiger partial charge in [-0.05, 0) is 19.3 Å². The van der Waals surface area contributed by atoms with E-state index in [4.69, 9.17) is 23.7 Å². The number of hydrogen-bond donors (Lipinski definition) is 0. The van der Waals surface area contributed by atoms with Crippen molar-refractivity contribution in [2.45, 2.75) is 155 Å². The predicted octanol–water partition coefficient (Wildman–Crippen LogP) is 9.22. The number of carbonyl (C=O) groups is 1. The SMILES string of the molecule is CCCCCCCCCCCCCCCCOC(=O)CCCOCCOCCOCCOCCCCCCCC. The normalized spacial score (nSPS) is 11.3. The van der Waals surface area contributed by atoms with Crippen LogP contribution in [0.5, 0.6) is 0 Å². The molecule has 0 aliphatic carbocycles. The highest BCUT2D eigenvalue weighted by Gasteiger charge is 2.03. The Labute approximate surface area is 249 Å². The molecule has 0 saturated carbocycles. The first-order valence-corrected chi connectivity index (χ1v) is 17.3. The van der Waals surface area contributed by atoms with Crippen molar-refractivity contribution in [1.82, 2.24) is 0 Å². The van der Waals surface area contributed by atoms with E-state index in [0.717, 1.165) is 25.9 Å². The van der Waals surface area contributed by atoms with E-state index in [1.54, 1.807) is 0 Å². The predicted molar refractivity (Wildman–Crippen MR) is 167 cm³/mol. The van der Waals surface area contributed by atoms with Crippen molar-refractivity contribution in [3.8, 4) is 0 Å². The molecule has 40 heavy (non-hydrogen) atoms. The second-order valence-corrected chi connectivity index (χ2v) is 11.1. The summed E-state index contributed by atoms with van der Waals surface area (Å²) < 4.78 is 27.5. The van der Waals surface area contributed by atoms with Crippen LogP contribution in [0.15, 0.2) is 0 Å². The summed E-state index contributed by atoms with van der Waals surface area (Å²) in [5, 5.41) is 0. The Kier molecular flexibility index (Phi) is 35.7. The van der Waals surface area contributed by atoms with Crippen LogP contribution in [0.3, 0.4) is 0 Å². The zero-order valence-electron chi connectivity index (χ0n) is 26.9. The lowest BCUT2D eigenvalue weighted by atomic mass is 10.0. The molecule has 240 valence electrons. The van der Waals surface area contributed by atoms with Gasteiger partial charge in [0.05, 0.1) is 46.2 Å². The van der Waals surface area contributed by atoms with Gasteiger partial charge in [0.25, 0.3) is 0 Å². The lowest BCUT2D eigenvalue weighted by Crippen LogP contribution is -2.12. The van der Waals surface area contributed by atoms with Gasteiger partial charge in [-0.1, -0.05) is 129 Å². The summed E-state index contributed by atoms with van der Waals surface area (Å²) in [6.07, 6.45) is 27.5. The Morgan fingerprint density at radius 1 is 0.350 bits per heavy atom. The van der Waals surface area contributed by atoms with Gasteiger partial charge in [-0.2, -0.15) is 0 Å². The van der Waals surface area contributed by atoms with E-state index in [-0.39, 0.29) is 5.97 Å². The third-order valence-corrected chi connectivity index (χ3v) is 7.19. The summed E-state index contributed by atoms with van der Waals surface area (Å²) >= 11 is 0. The molecule has 0 N–H and O–H groups in total. The lowest BCUT2D eigenvalue weighted by Gasteiger charge is -2.08. The summed E-state index contributed by atoms with van der Waals surface area (Å²) in [5.74, 6) is -0.109. The van der Waals surface area contributed by atoms with Gasteiger partial charge in [0.15, 0.2) is 0 Å². The van der Waals surface area contributed by atoms with Crippen molar-refractivity contribution in [2.75, 3.05) is 59.5 Å². The van der Waals surface area contributed by atoms with E-state index in [1.807, 2.05) is 0 Å². The lowest BCUT2D eigenvalue weighted by molar-refractivity contribution is -0.144. The molecule has 6 nitrogen and oxygen atoms in total. The van der Waals surface area contributed by atoms with Crippen LogP contribution in [-0.4, -0.2) is 65.4 Å². The summed E-state index contributed by atoms with van der Waals surface area (Å²) in [7, 11) is 0. The van der Waals surface area contributed by atoms with Crippen molar-refractivity contribution in [1.29, 1.82) is 0 Å². The molecule has 0 aromatic rings. The van der Waals surface area contributed by atoms with E-state index in [9.17, 15) is 4.79 Å². The number of rotatable bonds is 35. The minimum atomic E-state index is -0.109. The molecule has 0 spiro atoms. The van der Waals surface area contributed by atoms with Crippen LogP contribution < -0.4 is 0 Å². The minimum Gasteiger partial charge on any atom is -0.466 e. The average molecular weight is 573 g/mol. The molecule has 0 fully saturated rings. The molecule has 0 amide bonds. The van der Waals surface area contributed by atoms with Crippen LogP contribution in [0.2, 0.25) is 0 Å². The van der Waals surface area contributed by atoms with Crippen LogP contribution in [0.25, 0.3) is 0 Å². The van der Waals surface area contributed by atoms with E-state index in [0.29, 0.717) is 65.7 Å². The molecule has 0 saturated heterocycles. The van der Waals surface area contributed by atoms with Gasteiger partial charge in [0.2, 0.25) is 0 Å². The molecule has 0 bridgehead atoms. The first-order valence-electron chi connectivity index (χ1n) is 17.3. The van der Waals surface area contributed by atoms with Crippen molar-refractivity contribution >= 4 is 5.97 Å². The van der Waals surface area contributed by atoms with Crippen LogP contribution in [0, 0.1) is 0 Å². The first-order chi connectivity index (χ1) is 19.8. The van der Waals surface area contributed by atoms with Crippen molar-refractivity contribution < 1.29 is 28.5 Å². The molecule has 0 heterocycles. The number of unbranched alkanes of at least 4 members (excludes halogenated alkanes) is 18. The Morgan fingerprint density at radius 3 is 1.05 bits per heavy atom. The fraction of sp³-hybridized carbons (Fsp3) is 0.971. The van der Waals surface area contributed by atoms with Gasteiger partial charge in [0.1, 0.15) is 0 Å². The largest absolute Gasteiger partial charge is 0.466 e. The highest BCUT2D eigenvalue weighted by Crippen LogP contribution is 2.13. The molecular formula is C34H68O6. The average Bonchev–Trinajstić information content (AvgIpc) is 2.96. The topological polar surface area (TPSA) is 63.2 Å². The summed E-state index contributed by atoms with van der Waals surface area (Å²) in [6.45, 7) is 9.95. The molecule has 0 radical (unpaired) electrons. The summed E-state index contributed by atoms with van der Waals surface area (Å²) in [6, 6.07) is 0. The van der Waals surface area contributed by atoms with Crippen molar-refractivity contribution in [2.24, 2.45) is 0 Å². The van der Waals surface area contributed by atoms with Gasteiger partial charge in [-0.3, -0.25) is 4.79 Å². The maximum absolute atomic E-state index is 11.8. The smallest absolute Gasteiger partial charge is 0.305 e. The number of carbonyl (C=O) groups excluding carboxylic acids is 1. The van der Waals surface area contributed by atoms with Crippen LogP contribution >= 0.6 is 0 Å². The van der Waals surface area contributed by atoms with E-state index in [2.05, 4.69) is 13.8 Å². The Balaban J connectivity index is 3.14. The maximum Gasteiger partial charge on any atom is 0.305 e. The second-order valence-electron chi connectivity index (χ2n) is 11.1. The maximum atomic E-state index is 11.8. The molecule has 0 atom stereocenters. The number of ether oxygens (including phenoxy) is 5. The quantitative estimate of drug-likeness (QED) is 0.0557. The van der Waals surface area contributed by atoms with Crippen molar-refractivity contribution in [3.05, 3.63) is 0 Å². The second kappa shape index (κ2) is 36.3. The first kappa shape index (κ1) is 39.3. The fourth-order valence-corrected chi connectivity index (χ4v) is 4.62. The molecule has 0 unspecified atom stereocenters. The Morgan fingerprint density at radius 2 is 0.650 bits per heavy atom. The molecule has 0 aliphatic rings. The third-order valence-electron chi connectivity index (χ3n) is 7.19. The third kappa shape index (κ3) is 35.3. The molecule has 6 heteroatoms. The standard InChI is InChI=1S/C34H68O6/c1-3-5-7-9-11-12-13-14-15-16-17-18-20-22-27-40-34(35)24-23-26-37-29-31-39-33-32-38-30-28-36-25-21-19-10-8-6-4-2/h3-33H2,1-2H3. The van der Waals surface area contributed by atoms with E-state index in [1.165, 1.54) is 109 Å². The fourth-order valence-electron chi connectivity index (χ4n) is 4.62. The Hall–Kier alpha value is -0.690. The summed E-state index contributed by atoms with van der Waals surface area (Å²) in [4.78, 5) is 11.8. The molecule has 0 rings (SSSR count). The highest BCUT2D eigenvalue weighted by molar-refractivity contribution is 5.69. The van der Waals surface area contributed by atoms with Crippen LogP contribution in [0.4, 0.5) is 0 Å². The minimum absolute atomic E-state index is 0.109. The van der Waals surface area contributed by atoms with E-state index < -0.39 is 0 Å². The summed E-state index contributed by atoms with van der Waals surface area (Å²) in [5.41, 5.74) is 0. The van der Waals surface area contributed by atoms with Gasteiger partial charge in [-0.25, -0.2) is 0 Å². The molecule has 0 aliphatic heterocycles. The molecular weight excluding hydrogens is 504 g/mol. The Bertz CT molecular complexity index is 473. The van der Waals surface area contributed by atoms with Gasteiger partial charge in [-0.15, -0.1) is 0 Å². The van der Waals surface area contributed by atoms with Gasteiger partial charge in [0, 0.05) is 19.6 Å². The van der Waals surface area contributed by atoms with Crippen LogP contribution in [0.1, 0.15) is 155 Å². The van der Waals surface area contributed by atoms with E-state index >= 15 is 0 Å². The number of esters is 1. The van der Waals surface area contributed by atoms with Crippen molar-refractivity contribution in [3.63, 3.8) is 0 Å². The van der Waals surface area contributed by atoms with Gasteiger partial charge < -0.3 is 23.7 Å². The zero-order chi connectivity index (χ0) is 29.0. The highest BCUT2D eigenvalue weighted by atomic mass is 16.6. The number of hydrogen-bond acceptors (Lipinski definition) is 6. The zero-order valence-corrected chi connectivity index (χ0v) is 26.9. The molecule has 0 aromatic carbocycles. The van der Waals surface area contributed by atoms with Gasteiger partial charge >= 0.3 is 5.97 Å². The monoisotopic (exact) mass is 573 g/mol. The van der Waals surface area contributed by atoms with Crippen LogP contribution in [-0.2, 0) is 28.5 Å².